The van der Waals surface area contributed by atoms with Gasteiger partial charge in [-0.05, 0) is 25.9 Å². The Morgan fingerprint density at radius 2 is 1.92 bits per heavy atom. The highest BCUT2D eigenvalue weighted by atomic mass is 32.9. The van der Waals surface area contributed by atoms with Gasteiger partial charge in [-0.2, -0.15) is 4.21 Å². The van der Waals surface area contributed by atoms with Crippen LogP contribution in [0, 0.1) is 0 Å². The van der Waals surface area contributed by atoms with Crippen molar-refractivity contribution in [2.75, 3.05) is 25.4 Å². The van der Waals surface area contributed by atoms with Gasteiger partial charge in [0.1, 0.15) is 0 Å². The van der Waals surface area contributed by atoms with Gasteiger partial charge in [0.15, 0.2) is 5.75 Å². The average molecular weight is 226 g/mol. The van der Waals surface area contributed by atoms with E-state index in [0.717, 1.165) is 36.4 Å². The first-order chi connectivity index (χ1) is 6.08. The molecule has 2 N–H and O–H groups in total. The van der Waals surface area contributed by atoms with Crippen molar-refractivity contribution in [3.8, 4) is 0 Å². The number of likely N-dealkylation sites (tertiary alicyclic amines) is 1. The summed E-state index contributed by atoms with van der Waals surface area (Å²) < 4.78 is 27.5. The van der Waals surface area contributed by atoms with Crippen molar-refractivity contribution in [2.45, 2.75) is 19.3 Å². The maximum atomic E-state index is 10.4. The molecule has 0 aromatic carbocycles. The van der Waals surface area contributed by atoms with E-state index in [9.17, 15) is 4.21 Å². The molecule has 78 valence electrons. The number of nitrogens with zero attached hydrogens (tertiary/aromatic N) is 1. The van der Waals surface area contributed by atoms with E-state index in [1.54, 1.807) is 0 Å². The molecule has 13 heavy (non-hydrogen) atoms. The fraction of sp³-hybridized carbons (Fsp3) is 1.00. The monoisotopic (exact) mass is 226 g/mol. The van der Waals surface area contributed by atoms with Gasteiger partial charge in [0, 0.05) is 13.0 Å². The van der Waals surface area contributed by atoms with Gasteiger partial charge in [-0.15, -0.1) is 0 Å². The molecule has 4 nitrogen and oxygen atoms in total. The Kier molecular flexibility index (Phi) is 4.54. The molecule has 0 aliphatic carbocycles. The lowest BCUT2D eigenvalue weighted by Gasteiger charge is -2.11. The second-order valence-electron chi connectivity index (χ2n) is 3.17. The van der Waals surface area contributed by atoms with E-state index in [1.807, 2.05) is 0 Å². The zero-order valence-corrected chi connectivity index (χ0v) is 9.15. The lowest BCUT2D eigenvalue weighted by atomic mass is 10.4. The van der Waals surface area contributed by atoms with Gasteiger partial charge in [-0.1, -0.05) is 0 Å². The van der Waals surface area contributed by atoms with Crippen molar-refractivity contribution >= 4 is 19.4 Å². The highest BCUT2D eigenvalue weighted by molar-refractivity contribution is 8.34. The molecule has 1 rings (SSSR count). The fourth-order valence-corrected chi connectivity index (χ4v) is 2.93. The van der Waals surface area contributed by atoms with Crippen LogP contribution < -0.4 is 0 Å². The Balaban J connectivity index is 2.10. The summed E-state index contributed by atoms with van der Waals surface area (Å²) in [5, 5.41) is 0. The molecule has 0 aromatic heterocycles. The number of hydrogen-bond acceptors (Lipinski definition) is 2. The summed E-state index contributed by atoms with van der Waals surface area (Å²) in [6.07, 6.45) is 3.40. The molecular weight excluding hydrogens is 210 g/mol. The van der Waals surface area contributed by atoms with Crippen molar-refractivity contribution in [3.05, 3.63) is 0 Å². The molecule has 0 aromatic rings. The topological polar surface area (TPSA) is 60.8 Å². The van der Waals surface area contributed by atoms with E-state index in [-0.39, 0.29) is 0 Å². The third-order valence-corrected chi connectivity index (χ3v) is 4.24. The molecule has 1 fully saturated rings. The zero-order chi connectivity index (χ0) is 9.73. The standard InChI is InChI=1S/C7H15NO3S2/c9-13(10,11)12-7-3-6-8-4-1-2-5-8/h1-7H2,(H-,9,10,11)/p+1. The maximum absolute atomic E-state index is 10.4. The quantitative estimate of drug-likeness (QED) is 0.547. The molecule has 0 bridgehead atoms. The molecule has 1 saturated heterocycles. The van der Waals surface area contributed by atoms with Crippen LogP contribution in [0.25, 0.3) is 0 Å². The van der Waals surface area contributed by atoms with E-state index in [4.69, 9.17) is 9.11 Å². The summed E-state index contributed by atoms with van der Waals surface area (Å²) in [7, 11) is -2.84. The molecule has 1 heterocycles. The average Bonchev–Trinajstić information content (AvgIpc) is 2.48. The fourth-order valence-electron chi connectivity index (χ4n) is 1.46. The van der Waals surface area contributed by atoms with Crippen LogP contribution in [0.5, 0.6) is 0 Å². The van der Waals surface area contributed by atoms with Crippen molar-refractivity contribution in [1.29, 1.82) is 0 Å². The molecule has 1 aliphatic rings. The molecular formula is C7H16NO3S2+. The largest absolute Gasteiger partial charge is 0.430 e. The van der Waals surface area contributed by atoms with Crippen LogP contribution in [0.15, 0.2) is 0 Å². The molecule has 0 saturated carbocycles. The summed E-state index contributed by atoms with van der Waals surface area (Å²) in [5.41, 5.74) is 0. The third-order valence-electron chi connectivity index (χ3n) is 2.05. The highest BCUT2D eigenvalue weighted by Gasteiger charge is 2.13. The normalized spacial score (nSPS) is 19.2. The van der Waals surface area contributed by atoms with Gasteiger partial charge in [0.2, 0.25) is 0 Å². The molecule has 0 spiro atoms. The van der Waals surface area contributed by atoms with Crippen LogP contribution in [-0.4, -0.2) is 43.6 Å². The van der Waals surface area contributed by atoms with Crippen LogP contribution in [0.1, 0.15) is 19.3 Å². The van der Waals surface area contributed by atoms with Gasteiger partial charge in [0.25, 0.3) is 10.3 Å². The molecule has 0 atom stereocenters. The first-order valence-electron chi connectivity index (χ1n) is 4.44. The van der Waals surface area contributed by atoms with Crippen LogP contribution in [0.4, 0.5) is 0 Å². The van der Waals surface area contributed by atoms with Crippen molar-refractivity contribution in [2.24, 2.45) is 0 Å². The van der Waals surface area contributed by atoms with Crippen molar-refractivity contribution in [3.63, 3.8) is 0 Å². The number of rotatable bonds is 4. The van der Waals surface area contributed by atoms with Gasteiger partial charge in [-0.25, -0.2) is 0 Å². The Morgan fingerprint density at radius 1 is 1.31 bits per heavy atom. The van der Waals surface area contributed by atoms with Gasteiger partial charge >= 0.3 is 9.05 Å². The summed E-state index contributed by atoms with van der Waals surface area (Å²) in [6, 6.07) is 0. The Bertz CT molecular complexity index is 246. The van der Waals surface area contributed by atoms with Crippen molar-refractivity contribution in [1.82, 2.24) is 4.90 Å². The van der Waals surface area contributed by atoms with E-state index in [0.29, 0.717) is 5.75 Å². The van der Waals surface area contributed by atoms with Gasteiger partial charge in [-0.3, -0.25) is 9.11 Å². The maximum Gasteiger partial charge on any atom is 0.430 e. The van der Waals surface area contributed by atoms with E-state index >= 15 is 0 Å². The predicted molar refractivity (Wildman–Crippen MR) is 55.9 cm³/mol. The minimum Gasteiger partial charge on any atom is -0.303 e. The first-order valence-corrected chi connectivity index (χ1v) is 7.41. The second kappa shape index (κ2) is 5.21. The van der Waals surface area contributed by atoms with Crippen molar-refractivity contribution < 1.29 is 13.3 Å². The highest BCUT2D eigenvalue weighted by Crippen LogP contribution is 2.06. The molecule has 0 radical (unpaired) electrons. The van der Waals surface area contributed by atoms with Gasteiger partial charge in [0.05, 0.1) is 0 Å². The molecule has 0 amide bonds. The SMILES string of the molecule is O=S(O)(O)=[S+]CCCN1CCCC1. The smallest absolute Gasteiger partial charge is 0.303 e. The Morgan fingerprint density at radius 3 is 2.46 bits per heavy atom. The Hall–Kier alpha value is 0.250. The zero-order valence-electron chi connectivity index (χ0n) is 7.52. The van der Waals surface area contributed by atoms with E-state index in [1.165, 1.54) is 12.8 Å². The second-order valence-corrected chi connectivity index (χ2v) is 6.72. The summed E-state index contributed by atoms with van der Waals surface area (Å²) in [5.74, 6) is 0.544. The third kappa shape index (κ3) is 5.53. The molecule has 0 unspecified atom stereocenters. The first kappa shape index (κ1) is 11.3. The Labute approximate surface area is 82.6 Å². The van der Waals surface area contributed by atoms with Gasteiger partial charge < -0.3 is 4.90 Å². The number of hydrogen-bond donors (Lipinski definition) is 2. The van der Waals surface area contributed by atoms with Crippen LogP contribution in [0.2, 0.25) is 0 Å². The van der Waals surface area contributed by atoms with Crippen LogP contribution in [0.3, 0.4) is 0 Å². The lowest BCUT2D eigenvalue weighted by molar-refractivity contribution is 0.341. The molecule has 1 aliphatic heterocycles. The minimum absolute atomic E-state index is 0.544. The van der Waals surface area contributed by atoms with E-state index in [2.05, 4.69) is 4.90 Å². The van der Waals surface area contributed by atoms with E-state index < -0.39 is 9.05 Å². The summed E-state index contributed by atoms with van der Waals surface area (Å²) >= 11 is 0. The summed E-state index contributed by atoms with van der Waals surface area (Å²) in [6.45, 7) is 3.28. The van der Waals surface area contributed by atoms with Crippen LogP contribution >= 0.6 is 0 Å². The minimum atomic E-state index is -3.57. The van der Waals surface area contributed by atoms with Crippen LogP contribution in [-0.2, 0) is 19.4 Å². The molecule has 6 heteroatoms. The lowest BCUT2D eigenvalue weighted by Crippen LogP contribution is -2.21. The predicted octanol–water partition coefficient (Wildman–Crippen LogP) is 0.700. The summed E-state index contributed by atoms with van der Waals surface area (Å²) in [4.78, 5) is 2.34.